The molecule has 0 amide bonds. The molecular weight excluding hydrogens is 312 g/mol. The summed E-state index contributed by atoms with van der Waals surface area (Å²) in [5, 5.41) is 9.66. The molecule has 4 nitrogen and oxygen atoms in total. The lowest BCUT2D eigenvalue weighted by molar-refractivity contribution is 0.349. The molecule has 0 fully saturated rings. The van der Waals surface area contributed by atoms with Crippen LogP contribution in [0.2, 0.25) is 0 Å². The Bertz CT molecular complexity index is 933. The lowest BCUT2D eigenvalue weighted by atomic mass is 9.76. The summed E-state index contributed by atoms with van der Waals surface area (Å²) in [6, 6.07) is 18.3. The first-order chi connectivity index (χ1) is 12.2. The van der Waals surface area contributed by atoms with E-state index in [1.54, 1.807) is 7.11 Å². The Hall–Kier alpha value is -3.19. The molecule has 25 heavy (non-hydrogen) atoms. The molecule has 2 aromatic carbocycles. The first-order valence-corrected chi connectivity index (χ1v) is 8.25. The van der Waals surface area contributed by atoms with E-state index in [0.29, 0.717) is 5.57 Å². The Morgan fingerprint density at radius 2 is 1.88 bits per heavy atom. The molecule has 1 atom stereocenters. The zero-order valence-corrected chi connectivity index (χ0v) is 14.0. The molecule has 0 radical (unpaired) electrons. The second-order valence-corrected chi connectivity index (χ2v) is 6.21. The van der Waals surface area contributed by atoms with Gasteiger partial charge < -0.3 is 15.2 Å². The van der Waals surface area contributed by atoms with E-state index in [0.717, 1.165) is 41.1 Å². The van der Waals surface area contributed by atoms with Crippen molar-refractivity contribution < 1.29 is 9.47 Å². The van der Waals surface area contributed by atoms with Crippen LogP contribution in [-0.2, 0) is 11.2 Å². The molecule has 2 aromatic rings. The van der Waals surface area contributed by atoms with Gasteiger partial charge in [-0.1, -0.05) is 36.4 Å². The minimum atomic E-state index is -0.173. The van der Waals surface area contributed by atoms with Gasteiger partial charge in [-0.3, -0.25) is 0 Å². The van der Waals surface area contributed by atoms with Crippen molar-refractivity contribution in [2.24, 2.45) is 5.73 Å². The molecule has 124 valence electrons. The molecule has 0 saturated heterocycles. The van der Waals surface area contributed by atoms with Crippen molar-refractivity contribution in [1.29, 1.82) is 5.26 Å². The monoisotopic (exact) mass is 330 g/mol. The van der Waals surface area contributed by atoms with Crippen molar-refractivity contribution >= 4 is 5.76 Å². The summed E-state index contributed by atoms with van der Waals surface area (Å²) in [6.45, 7) is 0. The first kappa shape index (κ1) is 15.3. The summed E-state index contributed by atoms with van der Waals surface area (Å²) in [7, 11) is 1.64. The number of ether oxygens (including phenoxy) is 2. The van der Waals surface area contributed by atoms with Crippen molar-refractivity contribution in [3.8, 4) is 11.8 Å². The molecule has 4 rings (SSSR count). The van der Waals surface area contributed by atoms with Gasteiger partial charge in [0.05, 0.1) is 7.11 Å². The fourth-order valence-corrected chi connectivity index (χ4v) is 3.68. The van der Waals surface area contributed by atoms with E-state index < -0.39 is 0 Å². The highest BCUT2D eigenvalue weighted by Crippen LogP contribution is 2.47. The van der Waals surface area contributed by atoms with Crippen LogP contribution in [0.25, 0.3) is 5.76 Å². The maximum absolute atomic E-state index is 9.66. The van der Waals surface area contributed by atoms with Gasteiger partial charge in [0, 0.05) is 11.5 Å². The number of benzene rings is 2. The highest BCUT2D eigenvalue weighted by Gasteiger charge is 2.35. The first-order valence-electron chi connectivity index (χ1n) is 8.25. The van der Waals surface area contributed by atoms with E-state index in [4.69, 9.17) is 15.2 Å². The number of fused-ring (bicyclic) bond motifs is 2. The fourth-order valence-electron chi connectivity index (χ4n) is 3.68. The lowest BCUT2D eigenvalue weighted by Gasteiger charge is -2.33. The largest absolute Gasteiger partial charge is 0.497 e. The summed E-state index contributed by atoms with van der Waals surface area (Å²) < 4.78 is 11.2. The van der Waals surface area contributed by atoms with Gasteiger partial charge in [0.1, 0.15) is 23.2 Å². The highest BCUT2D eigenvalue weighted by molar-refractivity contribution is 5.74. The SMILES string of the molecule is COc1ccc([C@H]2C(C#N)=C(N)OC3=C2CCc2ccccc23)cc1. The quantitative estimate of drug-likeness (QED) is 0.908. The van der Waals surface area contributed by atoms with Crippen LogP contribution < -0.4 is 10.5 Å². The molecule has 0 saturated carbocycles. The summed E-state index contributed by atoms with van der Waals surface area (Å²) in [5.41, 5.74) is 11.1. The molecule has 2 aliphatic rings. The van der Waals surface area contributed by atoms with Crippen molar-refractivity contribution in [2.75, 3.05) is 7.11 Å². The summed E-state index contributed by atoms with van der Waals surface area (Å²) in [5.74, 6) is 1.61. The van der Waals surface area contributed by atoms with Crippen LogP contribution in [0.1, 0.15) is 29.0 Å². The van der Waals surface area contributed by atoms with E-state index in [2.05, 4.69) is 18.2 Å². The molecule has 2 N–H and O–H groups in total. The Labute approximate surface area is 146 Å². The second kappa shape index (κ2) is 6.03. The van der Waals surface area contributed by atoms with Gasteiger partial charge in [0.25, 0.3) is 0 Å². The Balaban J connectivity index is 1.88. The third-order valence-corrected chi connectivity index (χ3v) is 4.90. The fraction of sp³-hybridized carbons (Fsp3) is 0.190. The molecule has 1 heterocycles. The number of methoxy groups -OCH3 is 1. The molecular formula is C21H18N2O2. The van der Waals surface area contributed by atoms with Gasteiger partial charge in [0.15, 0.2) is 0 Å². The zero-order valence-electron chi connectivity index (χ0n) is 14.0. The van der Waals surface area contributed by atoms with E-state index in [9.17, 15) is 5.26 Å². The summed E-state index contributed by atoms with van der Waals surface area (Å²) in [6.07, 6.45) is 1.78. The van der Waals surface area contributed by atoms with Crippen LogP contribution in [0.5, 0.6) is 5.75 Å². The Morgan fingerprint density at radius 3 is 2.60 bits per heavy atom. The van der Waals surface area contributed by atoms with Crippen molar-refractivity contribution in [2.45, 2.75) is 18.8 Å². The number of nitrogens with zero attached hydrogens (tertiary/aromatic N) is 1. The van der Waals surface area contributed by atoms with E-state index >= 15 is 0 Å². The number of nitrogens with two attached hydrogens (primary N) is 1. The van der Waals surface area contributed by atoms with Crippen LogP contribution in [0.3, 0.4) is 0 Å². The number of allylic oxidation sites excluding steroid dienone is 2. The van der Waals surface area contributed by atoms with Gasteiger partial charge in [-0.2, -0.15) is 5.26 Å². The molecule has 4 heteroatoms. The van der Waals surface area contributed by atoms with Crippen molar-refractivity contribution in [1.82, 2.24) is 0 Å². The Kier molecular flexibility index (Phi) is 3.70. The van der Waals surface area contributed by atoms with Crippen molar-refractivity contribution in [3.63, 3.8) is 0 Å². The van der Waals surface area contributed by atoms with Crippen LogP contribution in [-0.4, -0.2) is 7.11 Å². The Morgan fingerprint density at radius 1 is 1.12 bits per heavy atom. The highest BCUT2D eigenvalue weighted by atomic mass is 16.5. The van der Waals surface area contributed by atoms with Crippen LogP contribution in [0, 0.1) is 11.3 Å². The van der Waals surface area contributed by atoms with E-state index in [1.165, 1.54) is 5.56 Å². The molecule has 0 spiro atoms. The maximum atomic E-state index is 9.66. The molecule has 0 bridgehead atoms. The third kappa shape index (κ3) is 2.45. The van der Waals surface area contributed by atoms with Crippen LogP contribution in [0.15, 0.2) is 65.6 Å². The lowest BCUT2D eigenvalue weighted by Crippen LogP contribution is -2.23. The normalized spacial score (nSPS) is 18.8. The molecule has 1 aliphatic carbocycles. The predicted molar refractivity (Wildman–Crippen MR) is 95.3 cm³/mol. The summed E-state index contributed by atoms with van der Waals surface area (Å²) in [4.78, 5) is 0. The van der Waals surface area contributed by atoms with Crippen LogP contribution in [0.4, 0.5) is 0 Å². The zero-order chi connectivity index (χ0) is 17.4. The van der Waals surface area contributed by atoms with Gasteiger partial charge in [-0.15, -0.1) is 0 Å². The van der Waals surface area contributed by atoms with Gasteiger partial charge in [-0.05, 0) is 41.7 Å². The number of nitriles is 1. The smallest absolute Gasteiger partial charge is 0.205 e. The summed E-state index contributed by atoms with van der Waals surface area (Å²) >= 11 is 0. The third-order valence-electron chi connectivity index (χ3n) is 4.90. The number of hydrogen-bond acceptors (Lipinski definition) is 4. The molecule has 1 aliphatic heterocycles. The molecule has 0 unspecified atom stereocenters. The molecule has 0 aromatic heterocycles. The minimum absolute atomic E-state index is 0.173. The van der Waals surface area contributed by atoms with Crippen molar-refractivity contribution in [3.05, 3.63) is 82.3 Å². The predicted octanol–water partition coefficient (Wildman–Crippen LogP) is 3.86. The van der Waals surface area contributed by atoms with Gasteiger partial charge in [-0.25, -0.2) is 0 Å². The number of aryl methyl sites for hydroxylation is 1. The number of rotatable bonds is 2. The standard InChI is InChI=1S/C21H18N2O2/c1-24-15-9-6-14(7-10-15)19-17-11-8-13-4-2-3-5-16(13)20(17)25-21(23)18(19)12-22/h2-7,9-10,19H,8,11,23H2,1H3/t19-/m1/s1. The average molecular weight is 330 g/mol. The van der Waals surface area contributed by atoms with E-state index in [1.807, 2.05) is 36.4 Å². The second-order valence-electron chi connectivity index (χ2n) is 6.21. The van der Waals surface area contributed by atoms with Gasteiger partial charge >= 0.3 is 0 Å². The number of hydrogen-bond donors (Lipinski definition) is 1. The minimum Gasteiger partial charge on any atom is -0.497 e. The van der Waals surface area contributed by atoms with Gasteiger partial charge in [0.2, 0.25) is 5.88 Å². The van der Waals surface area contributed by atoms with Crippen LogP contribution >= 0.6 is 0 Å². The average Bonchev–Trinajstić information content (AvgIpc) is 2.67. The van der Waals surface area contributed by atoms with E-state index in [-0.39, 0.29) is 11.8 Å². The topological polar surface area (TPSA) is 68.3 Å². The maximum Gasteiger partial charge on any atom is 0.205 e.